The van der Waals surface area contributed by atoms with Gasteiger partial charge in [-0.05, 0) is 24.3 Å². The summed E-state index contributed by atoms with van der Waals surface area (Å²) in [4.78, 5) is 10.5. The summed E-state index contributed by atoms with van der Waals surface area (Å²) in [6.45, 7) is 2.51. The van der Waals surface area contributed by atoms with Gasteiger partial charge in [0.15, 0.2) is 0 Å². The highest BCUT2D eigenvalue weighted by Crippen LogP contribution is 2.15. The normalized spacial score (nSPS) is 9.57. The molecule has 3 nitrogen and oxygen atoms in total. The number of hydrogen-bond acceptors (Lipinski definition) is 2. The molecule has 0 unspecified atom stereocenters. The first kappa shape index (κ1) is 11.0. The van der Waals surface area contributed by atoms with E-state index < -0.39 is 0 Å². The minimum Gasteiger partial charge on any atom is -0.492 e. The van der Waals surface area contributed by atoms with Gasteiger partial charge in [0.25, 0.3) is 0 Å². The molecule has 1 amide bonds. The van der Waals surface area contributed by atoms with Crippen LogP contribution in [-0.4, -0.2) is 19.1 Å². The van der Waals surface area contributed by atoms with Gasteiger partial charge in [0.1, 0.15) is 12.4 Å². The molecule has 0 bridgehead atoms. The molecule has 0 aromatic heterocycles. The van der Waals surface area contributed by atoms with E-state index in [1.54, 1.807) is 0 Å². The predicted molar refractivity (Wildman–Crippen MR) is 58.3 cm³/mol. The van der Waals surface area contributed by atoms with Crippen molar-refractivity contribution >= 4 is 21.8 Å². The van der Waals surface area contributed by atoms with E-state index in [1.807, 2.05) is 24.3 Å². The molecule has 0 heterocycles. The third kappa shape index (κ3) is 4.28. The Labute approximate surface area is 91.6 Å². The highest BCUT2D eigenvalue weighted by Gasteiger charge is 1.94. The monoisotopic (exact) mass is 257 g/mol. The second-order valence-corrected chi connectivity index (χ2v) is 3.70. The molecule has 4 heteroatoms. The molecule has 0 aliphatic rings. The maximum Gasteiger partial charge on any atom is 0.216 e. The van der Waals surface area contributed by atoms with E-state index in [0.29, 0.717) is 13.2 Å². The number of rotatable bonds is 4. The molecule has 0 fully saturated rings. The summed E-state index contributed by atoms with van der Waals surface area (Å²) in [5, 5.41) is 2.65. The number of benzene rings is 1. The zero-order valence-corrected chi connectivity index (χ0v) is 9.50. The van der Waals surface area contributed by atoms with Crippen molar-refractivity contribution < 1.29 is 9.53 Å². The molecule has 14 heavy (non-hydrogen) atoms. The van der Waals surface area contributed by atoms with Crippen molar-refractivity contribution in [2.24, 2.45) is 0 Å². The Balaban J connectivity index is 2.25. The Kier molecular flexibility index (Phi) is 4.46. The maximum atomic E-state index is 10.5. The van der Waals surface area contributed by atoms with E-state index in [-0.39, 0.29) is 5.91 Å². The molecular weight excluding hydrogens is 246 g/mol. The lowest BCUT2D eigenvalue weighted by Crippen LogP contribution is -2.25. The fourth-order valence-corrected chi connectivity index (χ4v) is 1.19. The van der Waals surface area contributed by atoms with Crippen LogP contribution in [0.2, 0.25) is 0 Å². The van der Waals surface area contributed by atoms with Crippen molar-refractivity contribution in [1.82, 2.24) is 5.32 Å². The van der Waals surface area contributed by atoms with Crippen LogP contribution in [0.1, 0.15) is 6.92 Å². The van der Waals surface area contributed by atoms with Crippen LogP contribution >= 0.6 is 15.9 Å². The number of hydrogen-bond donors (Lipinski definition) is 1. The Morgan fingerprint density at radius 3 is 2.64 bits per heavy atom. The molecule has 76 valence electrons. The lowest BCUT2D eigenvalue weighted by Gasteiger charge is -2.06. The summed E-state index contributed by atoms with van der Waals surface area (Å²) in [6, 6.07) is 7.57. The van der Waals surface area contributed by atoms with Crippen LogP contribution in [0.5, 0.6) is 5.75 Å². The smallest absolute Gasteiger partial charge is 0.216 e. The van der Waals surface area contributed by atoms with Gasteiger partial charge in [0.2, 0.25) is 5.91 Å². The zero-order valence-electron chi connectivity index (χ0n) is 7.92. The molecule has 1 rings (SSSR count). The van der Waals surface area contributed by atoms with Crippen molar-refractivity contribution in [3.63, 3.8) is 0 Å². The van der Waals surface area contributed by atoms with Gasteiger partial charge in [-0.15, -0.1) is 0 Å². The average molecular weight is 258 g/mol. The van der Waals surface area contributed by atoms with Crippen LogP contribution in [0.3, 0.4) is 0 Å². The summed E-state index contributed by atoms with van der Waals surface area (Å²) in [5.41, 5.74) is 0. The second-order valence-electron chi connectivity index (χ2n) is 2.79. The standard InChI is InChI=1S/C10H12BrNO2/c1-8(13)12-6-7-14-10-4-2-9(11)3-5-10/h2-5H,6-7H2,1H3,(H,12,13). The van der Waals surface area contributed by atoms with E-state index in [2.05, 4.69) is 21.2 Å². The van der Waals surface area contributed by atoms with Crippen molar-refractivity contribution in [3.05, 3.63) is 28.7 Å². The molecule has 0 radical (unpaired) electrons. The van der Waals surface area contributed by atoms with Crippen LogP contribution in [0.4, 0.5) is 0 Å². The number of amides is 1. The predicted octanol–water partition coefficient (Wildman–Crippen LogP) is 1.96. The molecule has 0 aliphatic carbocycles. The van der Waals surface area contributed by atoms with Gasteiger partial charge in [-0.25, -0.2) is 0 Å². The van der Waals surface area contributed by atoms with Gasteiger partial charge in [0, 0.05) is 11.4 Å². The number of halogens is 1. The zero-order chi connectivity index (χ0) is 10.4. The average Bonchev–Trinajstić information content (AvgIpc) is 2.15. The third-order valence-corrected chi connectivity index (χ3v) is 2.09. The van der Waals surface area contributed by atoms with E-state index in [1.165, 1.54) is 6.92 Å². The summed E-state index contributed by atoms with van der Waals surface area (Å²) in [7, 11) is 0. The van der Waals surface area contributed by atoms with Crippen LogP contribution in [0.25, 0.3) is 0 Å². The molecule has 1 aromatic rings. The van der Waals surface area contributed by atoms with E-state index in [4.69, 9.17) is 4.74 Å². The first-order chi connectivity index (χ1) is 6.68. The summed E-state index contributed by atoms with van der Waals surface area (Å²) >= 11 is 3.33. The third-order valence-electron chi connectivity index (χ3n) is 1.56. The molecule has 0 saturated carbocycles. The van der Waals surface area contributed by atoms with Crippen LogP contribution < -0.4 is 10.1 Å². The largest absolute Gasteiger partial charge is 0.492 e. The quantitative estimate of drug-likeness (QED) is 0.838. The summed E-state index contributed by atoms with van der Waals surface area (Å²) in [5.74, 6) is 0.767. The van der Waals surface area contributed by atoms with Gasteiger partial charge in [-0.2, -0.15) is 0 Å². The number of carbonyl (C=O) groups excluding carboxylic acids is 1. The number of carbonyl (C=O) groups is 1. The van der Waals surface area contributed by atoms with Crippen LogP contribution in [0.15, 0.2) is 28.7 Å². The van der Waals surface area contributed by atoms with Crippen molar-refractivity contribution in [1.29, 1.82) is 0 Å². The minimum absolute atomic E-state index is 0.0376. The summed E-state index contributed by atoms with van der Waals surface area (Å²) in [6.07, 6.45) is 0. The Bertz CT molecular complexity index is 297. The number of ether oxygens (including phenoxy) is 1. The van der Waals surface area contributed by atoms with Gasteiger partial charge in [0.05, 0.1) is 6.54 Å². The van der Waals surface area contributed by atoms with Gasteiger partial charge in [-0.1, -0.05) is 15.9 Å². The fraction of sp³-hybridized carbons (Fsp3) is 0.300. The molecular formula is C10H12BrNO2. The molecule has 0 saturated heterocycles. The van der Waals surface area contributed by atoms with E-state index in [9.17, 15) is 4.79 Å². The van der Waals surface area contributed by atoms with Crippen molar-refractivity contribution in [2.45, 2.75) is 6.92 Å². The first-order valence-corrected chi connectivity index (χ1v) is 5.10. The molecule has 1 aromatic carbocycles. The topological polar surface area (TPSA) is 38.3 Å². The van der Waals surface area contributed by atoms with E-state index in [0.717, 1.165) is 10.2 Å². The van der Waals surface area contributed by atoms with Crippen molar-refractivity contribution in [2.75, 3.05) is 13.2 Å². The van der Waals surface area contributed by atoms with Crippen LogP contribution in [-0.2, 0) is 4.79 Å². The van der Waals surface area contributed by atoms with Crippen LogP contribution in [0, 0.1) is 0 Å². The van der Waals surface area contributed by atoms with Gasteiger partial charge in [-0.3, -0.25) is 4.79 Å². The minimum atomic E-state index is -0.0376. The lowest BCUT2D eigenvalue weighted by molar-refractivity contribution is -0.119. The SMILES string of the molecule is CC(=O)NCCOc1ccc(Br)cc1. The Morgan fingerprint density at radius 2 is 2.07 bits per heavy atom. The first-order valence-electron chi connectivity index (χ1n) is 4.31. The fourth-order valence-electron chi connectivity index (χ4n) is 0.927. The highest BCUT2D eigenvalue weighted by molar-refractivity contribution is 9.10. The molecule has 0 aliphatic heterocycles. The van der Waals surface area contributed by atoms with Crippen molar-refractivity contribution in [3.8, 4) is 5.75 Å². The molecule has 1 N–H and O–H groups in total. The highest BCUT2D eigenvalue weighted by atomic mass is 79.9. The Morgan fingerprint density at radius 1 is 1.43 bits per heavy atom. The van der Waals surface area contributed by atoms with Gasteiger partial charge >= 0.3 is 0 Å². The molecule has 0 atom stereocenters. The van der Waals surface area contributed by atoms with Gasteiger partial charge < -0.3 is 10.1 Å². The summed E-state index contributed by atoms with van der Waals surface area (Å²) < 4.78 is 6.40. The van der Waals surface area contributed by atoms with E-state index >= 15 is 0 Å². The number of nitrogens with one attached hydrogen (secondary N) is 1. The Hall–Kier alpha value is -1.03. The lowest BCUT2D eigenvalue weighted by atomic mass is 10.3. The second kappa shape index (κ2) is 5.65. The molecule has 0 spiro atoms. The maximum absolute atomic E-state index is 10.5.